The number of rotatable bonds is 17. The van der Waals surface area contributed by atoms with E-state index in [4.69, 9.17) is 15.5 Å². The van der Waals surface area contributed by atoms with Crippen LogP contribution in [0.15, 0.2) is 82.7 Å². The highest BCUT2D eigenvalue weighted by molar-refractivity contribution is 5.90. The molecule has 6 rings (SSSR count). The van der Waals surface area contributed by atoms with Gasteiger partial charge in [-0.05, 0) is 112 Å². The number of aromatic amines is 1. The van der Waals surface area contributed by atoms with Crippen molar-refractivity contribution in [1.29, 1.82) is 0 Å². The van der Waals surface area contributed by atoms with Crippen LogP contribution < -0.4 is 16.4 Å². The fourth-order valence-electron chi connectivity index (χ4n) is 7.19. The number of nitrogens with two attached hydrogens (primary N) is 1. The fourth-order valence-corrected chi connectivity index (χ4v) is 7.19. The molecule has 2 aliphatic rings. The molecule has 1 atom stereocenters. The van der Waals surface area contributed by atoms with Crippen LogP contribution in [0.5, 0.6) is 0 Å². The Labute approximate surface area is 427 Å². The summed E-state index contributed by atoms with van der Waals surface area (Å²) in [5.41, 5.74) is 15.2. The smallest absolute Gasteiger partial charge is 0.223 e. The van der Waals surface area contributed by atoms with E-state index in [0.717, 1.165) is 74.1 Å². The van der Waals surface area contributed by atoms with Gasteiger partial charge in [-0.1, -0.05) is 104 Å². The number of nitrogens with one attached hydrogen (secondary N) is 3. The van der Waals surface area contributed by atoms with Crippen molar-refractivity contribution in [2.24, 2.45) is 15.7 Å². The van der Waals surface area contributed by atoms with E-state index in [1.165, 1.54) is 70.6 Å². The summed E-state index contributed by atoms with van der Waals surface area (Å²) in [7, 11) is 8.97. The van der Waals surface area contributed by atoms with Gasteiger partial charge in [0.25, 0.3) is 0 Å². The quantitative estimate of drug-likeness (QED) is 0.0448. The van der Waals surface area contributed by atoms with Crippen molar-refractivity contribution in [3.05, 3.63) is 95.3 Å². The van der Waals surface area contributed by atoms with Gasteiger partial charge in [0, 0.05) is 77.2 Å². The number of hydrazine groups is 1. The van der Waals surface area contributed by atoms with Gasteiger partial charge in [0.1, 0.15) is 25.2 Å². The number of benzene rings is 3. The number of carbonyl (C=O) groups excluding carboxylic acids is 4. The summed E-state index contributed by atoms with van der Waals surface area (Å²) in [6, 6.07) is 20.4. The zero-order valence-electron chi connectivity index (χ0n) is 45.6. The summed E-state index contributed by atoms with van der Waals surface area (Å²) in [5, 5.41) is 12.1. The lowest BCUT2D eigenvalue weighted by Gasteiger charge is -2.28. The maximum Gasteiger partial charge on any atom is 0.223 e. The number of hydrogen-bond acceptors (Lipinski definition) is 13. The van der Waals surface area contributed by atoms with Gasteiger partial charge in [-0.25, -0.2) is 9.99 Å². The Morgan fingerprint density at radius 1 is 0.944 bits per heavy atom. The number of carbonyl (C=O) groups is 4. The van der Waals surface area contributed by atoms with Crippen LogP contribution in [0.1, 0.15) is 123 Å². The molecule has 0 saturated carbocycles. The number of nitrogens with zero attached hydrogens (tertiary/aromatic N) is 6. The summed E-state index contributed by atoms with van der Waals surface area (Å²) in [6.45, 7) is 25.9. The highest BCUT2D eigenvalue weighted by Gasteiger charge is 2.28. The van der Waals surface area contributed by atoms with E-state index in [1.54, 1.807) is 52.7 Å². The number of ether oxygens (including phenoxy) is 1. The number of aldehydes is 2. The van der Waals surface area contributed by atoms with E-state index in [0.29, 0.717) is 37.8 Å². The molecule has 1 amide bonds. The summed E-state index contributed by atoms with van der Waals surface area (Å²) in [6.07, 6.45) is 15.3. The van der Waals surface area contributed by atoms with Crippen molar-refractivity contribution in [1.82, 2.24) is 35.5 Å². The number of amides is 1. The molecule has 0 spiro atoms. The molecule has 1 aliphatic carbocycles. The molecule has 4 aromatic rings. The monoisotopic (exact) mass is 983 g/mol. The lowest BCUT2D eigenvalue weighted by atomic mass is 9.89. The number of aromatic nitrogens is 2. The Hall–Kier alpha value is -6.13. The van der Waals surface area contributed by atoms with Crippen LogP contribution in [0.2, 0.25) is 0 Å². The molecule has 0 bridgehead atoms. The molecule has 394 valence electrons. The van der Waals surface area contributed by atoms with Crippen molar-refractivity contribution < 1.29 is 23.9 Å². The van der Waals surface area contributed by atoms with E-state index in [-0.39, 0.29) is 0 Å². The van der Waals surface area contributed by atoms with E-state index < -0.39 is 0 Å². The first-order valence-electron chi connectivity index (χ1n) is 24.9. The van der Waals surface area contributed by atoms with Gasteiger partial charge in [-0.15, -0.1) is 0 Å². The Bertz CT molecular complexity index is 2150. The van der Waals surface area contributed by atoms with Crippen LogP contribution in [-0.2, 0) is 36.8 Å². The third kappa shape index (κ3) is 24.5. The normalized spacial score (nSPS) is 13.3. The predicted octanol–water partition coefficient (Wildman–Crippen LogP) is 9.87. The molecule has 2 heterocycles. The highest BCUT2D eigenvalue weighted by atomic mass is 16.4. The fraction of sp³-hybridized carbons (Fsp3) is 0.482. The van der Waals surface area contributed by atoms with E-state index in [1.807, 2.05) is 25.6 Å². The minimum Gasteiger partial charge on any atom is -0.403 e. The largest absolute Gasteiger partial charge is 0.403 e. The minimum absolute atomic E-state index is 0.292. The van der Waals surface area contributed by atoms with Crippen LogP contribution in [0.3, 0.4) is 0 Å². The summed E-state index contributed by atoms with van der Waals surface area (Å²) in [4.78, 5) is 57.5. The number of H-pyrrole nitrogens is 1. The summed E-state index contributed by atoms with van der Waals surface area (Å²) < 4.78 is 4.25. The zero-order chi connectivity index (χ0) is 54.0. The third-order valence-corrected chi connectivity index (χ3v) is 10.2. The number of hydrogen-bond donors (Lipinski definition) is 4. The van der Waals surface area contributed by atoms with Gasteiger partial charge >= 0.3 is 0 Å². The van der Waals surface area contributed by atoms with Gasteiger partial charge in [0.05, 0.1) is 29.7 Å². The average Bonchev–Trinajstić information content (AvgIpc) is 4.03. The number of methoxy groups -OCH3 is 1. The zero-order valence-corrected chi connectivity index (χ0v) is 45.6. The number of likely N-dealkylation sites (tertiary alicyclic amines) is 1. The molecule has 5 N–H and O–H groups in total. The molecule has 1 saturated heterocycles. The first-order chi connectivity index (χ1) is 34.5. The number of likely N-dealkylation sites (N-methyl/N-ethyl adjacent to an activating group) is 1. The molecule has 1 aliphatic heterocycles. The second kappa shape index (κ2) is 42.7. The van der Waals surface area contributed by atoms with Crippen molar-refractivity contribution in [3.63, 3.8) is 0 Å². The molecule has 3 aromatic carbocycles. The maximum absolute atomic E-state index is 11.3. The molecular formula is C56H90N10O5. The van der Waals surface area contributed by atoms with Crippen LogP contribution >= 0.6 is 0 Å². The third-order valence-electron chi connectivity index (χ3n) is 10.2. The maximum atomic E-state index is 11.3. The number of aliphatic imine (C=N–C) groups is 2. The van der Waals surface area contributed by atoms with E-state index in [2.05, 4.69) is 138 Å². The van der Waals surface area contributed by atoms with Crippen molar-refractivity contribution >= 4 is 55.2 Å². The van der Waals surface area contributed by atoms with Crippen LogP contribution in [0.25, 0.3) is 38.9 Å². The number of imidazole rings is 1. The Morgan fingerprint density at radius 3 is 2.08 bits per heavy atom. The van der Waals surface area contributed by atoms with E-state index >= 15 is 0 Å². The standard InChI is InChI=1S/C36H43N7O.C6H10N2O.C3H7NO.2C3H8.C2H6O.C2H6.CH2O/c1-5-17-43(42(4)24-44)19-16-38-33(23-37-2)30-11-10-26-20-25(8-9-27(26)22-30)28-12-14-31-29(21-28)13-15-32-35(31)40-36(39-32)34-7-6-18-41(34)3;1-2-8-6(5-7)3-4-9;1-4-2-3-5;3*1-3-2;2*1-2/h8-12,14,20-24,34,38H,2,5-7,13,15-19H2,1,3-4H3,(H,39,40);2,4-5H,3,7H2,1H3;3-4H,2H2,1H3;2*3H2,1-2H3;1-2H3;1-2H3;1H2/b33-23-;6-5-,8-2?;;;;;;. The first kappa shape index (κ1) is 67.0. The van der Waals surface area contributed by atoms with Gasteiger partial charge in [0.2, 0.25) is 6.41 Å². The van der Waals surface area contributed by atoms with Crippen LogP contribution in [-0.4, -0.2) is 132 Å². The molecule has 15 nitrogen and oxygen atoms in total. The number of aryl methyl sites for hydroxylation is 2. The van der Waals surface area contributed by atoms with Gasteiger partial charge < -0.3 is 40.5 Å². The van der Waals surface area contributed by atoms with Crippen molar-refractivity contribution in [2.45, 2.75) is 113 Å². The second-order valence-corrected chi connectivity index (χ2v) is 16.0. The summed E-state index contributed by atoms with van der Waals surface area (Å²) in [5.74, 6) is 1.13. The lowest BCUT2D eigenvalue weighted by molar-refractivity contribution is -0.131. The summed E-state index contributed by atoms with van der Waals surface area (Å²) >= 11 is 0. The molecule has 1 fully saturated rings. The molecular weight excluding hydrogens is 893 g/mol. The Morgan fingerprint density at radius 2 is 1.56 bits per heavy atom. The number of allylic oxidation sites excluding steroid dienone is 1. The molecule has 1 unspecified atom stereocenters. The Kier molecular flexibility index (Phi) is 40.3. The van der Waals surface area contributed by atoms with Gasteiger partial charge in [-0.3, -0.25) is 24.7 Å². The molecule has 1 aromatic heterocycles. The second-order valence-electron chi connectivity index (χ2n) is 16.0. The topological polar surface area (TPSA) is 191 Å². The van der Waals surface area contributed by atoms with Crippen molar-refractivity contribution in [2.75, 3.05) is 68.1 Å². The lowest BCUT2D eigenvalue weighted by Crippen LogP contribution is -2.43. The van der Waals surface area contributed by atoms with Crippen LogP contribution in [0.4, 0.5) is 0 Å². The van der Waals surface area contributed by atoms with Crippen molar-refractivity contribution in [3.8, 4) is 22.4 Å². The molecule has 71 heavy (non-hydrogen) atoms. The first-order valence-corrected chi connectivity index (χ1v) is 24.9. The highest BCUT2D eigenvalue weighted by Crippen LogP contribution is 2.38. The molecule has 15 heteroatoms. The van der Waals surface area contributed by atoms with E-state index in [9.17, 15) is 14.4 Å². The number of fused-ring (bicyclic) bond motifs is 4. The predicted molar refractivity (Wildman–Crippen MR) is 301 cm³/mol. The van der Waals surface area contributed by atoms with Gasteiger partial charge in [-0.2, -0.15) is 0 Å². The van der Waals surface area contributed by atoms with Crippen LogP contribution in [0, 0.1) is 0 Å². The SMILES string of the molecule is C=N/C=C(\NCCN(CCC)N(C)C=O)c1ccc2cc(-c3ccc4c(c3)CCc3[nH]c(C5CCCN5C)nc3-4)ccc2c1.C=O.CC.CC=N/C(=C\N)CC=O.CCC.CCC.CNCC=O.COC. The minimum atomic E-state index is 0.292. The van der Waals surface area contributed by atoms with Gasteiger partial charge in [0.15, 0.2) is 0 Å². The molecule has 0 radical (unpaired) electrons. The Balaban J connectivity index is 0. The average molecular weight is 983 g/mol.